The smallest absolute Gasteiger partial charge is 0.377 e. The molecule has 3 unspecified atom stereocenters. The van der Waals surface area contributed by atoms with Crippen LogP contribution in [0.3, 0.4) is 0 Å². The van der Waals surface area contributed by atoms with Gasteiger partial charge in [-0.25, -0.2) is 4.79 Å². The van der Waals surface area contributed by atoms with Gasteiger partial charge in [0, 0.05) is 17.1 Å². The van der Waals surface area contributed by atoms with Gasteiger partial charge in [0.05, 0.1) is 12.7 Å². The third kappa shape index (κ3) is 16.6. The molecule has 9 heteroatoms. The fourth-order valence-electron chi connectivity index (χ4n) is 4.27. The van der Waals surface area contributed by atoms with Crippen molar-refractivity contribution in [2.24, 2.45) is 0 Å². The normalized spacial score (nSPS) is 18.4. The molecular formula is C26H49O6PS2. The summed E-state index contributed by atoms with van der Waals surface area (Å²) in [6.07, 6.45) is 19.2. The van der Waals surface area contributed by atoms with E-state index in [1.165, 1.54) is 88.6 Å². The average molecular weight is 553 g/mol. The predicted molar refractivity (Wildman–Crippen MR) is 149 cm³/mol. The molecule has 0 saturated heterocycles. The Bertz CT molecular complexity index is 550. The van der Waals surface area contributed by atoms with Crippen LogP contribution in [0.1, 0.15) is 110 Å². The molecule has 0 bridgehead atoms. The van der Waals surface area contributed by atoms with E-state index >= 15 is 0 Å². The first-order chi connectivity index (χ1) is 16.9. The Hall–Kier alpha value is 0.150. The van der Waals surface area contributed by atoms with Gasteiger partial charge in [-0.15, -0.1) is 0 Å². The molecule has 0 aromatic rings. The second-order valence-corrected chi connectivity index (χ2v) is 13.2. The van der Waals surface area contributed by atoms with E-state index in [1.807, 2.05) is 6.92 Å². The summed E-state index contributed by atoms with van der Waals surface area (Å²) in [6.45, 7) is 4.79. The van der Waals surface area contributed by atoms with Gasteiger partial charge in [0.15, 0.2) is 0 Å². The van der Waals surface area contributed by atoms with Gasteiger partial charge >= 0.3 is 11.5 Å². The van der Waals surface area contributed by atoms with E-state index in [4.69, 9.17) is 14.6 Å². The van der Waals surface area contributed by atoms with Crippen molar-refractivity contribution in [2.75, 3.05) is 24.7 Å². The lowest BCUT2D eigenvalue weighted by atomic mass is 10.0. The third-order valence-electron chi connectivity index (χ3n) is 6.52. The molecule has 0 aromatic heterocycles. The fourth-order valence-corrected chi connectivity index (χ4v) is 7.30. The van der Waals surface area contributed by atoms with Crippen molar-refractivity contribution >= 4 is 38.0 Å². The first-order valence-electron chi connectivity index (χ1n) is 13.7. The summed E-state index contributed by atoms with van der Waals surface area (Å²) in [5.74, 6) is 0.963. The van der Waals surface area contributed by atoms with Crippen LogP contribution < -0.4 is 0 Å². The summed E-state index contributed by atoms with van der Waals surface area (Å²) in [6, 6.07) is 0. The quantitative estimate of drug-likeness (QED) is 0.0764. The molecule has 1 aliphatic carbocycles. The second-order valence-electron chi connectivity index (χ2n) is 9.63. The highest BCUT2D eigenvalue weighted by molar-refractivity contribution is 8.00. The molecule has 0 aromatic carbocycles. The third-order valence-corrected chi connectivity index (χ3v) is 10.0. The predicted octanol–water partition coefficient (Wildman–Crippen LogP) is 7.52. The summed E-state index contributed by atoms with van der Waals surface area (Å²) in [4.78, 5) is 10.8. The molecule has 3 atom stereocenters. The maximum absolute atomic E-state index is 10.8. The van der Waals surface area contributed by atoms with Gasteiger partial charge in [-0.1, -0.05) is 58.3 Å². The lowest BCUT2D eigenvalue weighted by Gasteiger charge is -2.25. The van der Waals surface area contributed by atoms with Crippen molar-refractivity contribution in [1.82, 2.24) is 0 Å². The van der Waals surface area contributed by atoms with Crippen LogP contribution in [-0.2, 0) is 18.8 Å². The molecule has 1 fully saturated rings. The molecule has 0 spiro atoms. The molecule has 1 rings (SSSR count). The van der Waals surface area contributed by atoms with Crippen LogP contribution in [0.25, 0.3) is 0 Å². The number of hydrogen-bond acceptors (Lipinski definition) is 7. The highest BCUT2D eigenvalue weighted by atomic mass is 32.2. The van der Waals surface area contributed by atoms with E-state index in [1.54, 1.807) is 0 Å². The molecule has 206 valence electrons. The van der Waals surface area contributed by atoms with Crippen LogP contribution in [0.4, 0.5) is 0 Å². The van der Waals surface area contributed by atoms with Crippen LogP contribution in [0, 0.1) is 0 Å². The van der Waals surface area contributed by atoms with Crippen LogP contribution in [0.15, 0.2) is 0 Å². The zero-order valence-corrected chi connectivity index (χ0v) is 24.5. The summed E-state index contributed by atoms with van der Waals surface area (Å²) < 4.78 is 21.2. The number of unbranched alkanes of at least 4 members (excludes halogenated alkanes) is 5. The van der Waals surface area contributed by atoms with E-state index in [0.29, 0.717) is 13.0 Å². The topological polar surface area (TPSA) is 93.1 Å². The monoisotopic (exact) mass is 552 g/mol. The summed E-state index contributed by atoms with van der Waals surface area (Å²) >= 11 is 4.44. The Morgan fingerprint density at radius 1 is 1.00 bits per heavy atom. The molecular weight excluding hydrogens is 503 g/mol. The van der Waals surface area contributed by atoms with Crippen molar-refractivity contribution in [3.63, 3.8) is 0 Å². The van der Waals surface area contributed by atoms with E-state index < -0.39 is 20.0 Å². The Morgan fingerprint density at radius 3 is 2.34 bits per heavy atom. The van der Waals surface area contributed by atoms with Gasteiger partial charge in [0.25, 0.3) is 0 Å². The van der Waals surface area contributed by atoms with Crippen LogP contribution in [0.2, 0.25) is 0 Å². The highest BCUT2D eigenvalue weighted by Gasteiger charge is 2.38. The number of aliphatic hydroxyl groups is 1. The first-order valence-corrected chi connectivity index (χ1v) is 16.6. The molecule has 0 amide bonds. The minimum Gasteiger partial charge on any atom is -0.477 e. The largest absolute Gasteiger partial charge is 0.477 e. The number of carboxylic acid groups (broad SMARTS) is 1. The molecule has 0 aliphatic heterocycles. The van der Waals surface area contributed by atoms with Crippen molar-refractivity contribution in [3.8, 4) is 0 Å². The number of thioether (sulfide) groups is 2. The van der Waals surface area contributed by atoms with E-state index in [0.717, 1.165) is 23.3 Å². The number of ether oxygens (including phenoxy) is 2. The van der Waals surface area contributed by atoms with E-state index in [-0.39, 0.29) is 12.7 Å². The van der Waals surface area contributed by atoms with Crippen LogP contribution in [0.5, 0.6) is 0 Å². The maximum atomic E-state index is 10.8. The number of rotatable bonds is 23. The summed E-state index contributed by atoms with van der Waals surface area (Å²) in [7, 11) is -0.978. The van der Waals surface area contributed by atoms with Crippen LogP contribution in [-0.4, -0.2) is 63.0 Å². The highest BCUT2D eigenvalue weighted by Crippen LogP contribution is 2.34. The number of carboxylic acids is 1. The molecule has 1 saturated carbocycles. The average Bonchev–Trinajstić information content (AvgIpc) is 2.86. The van der Waals surface area contributed by atoms with Gasteiger partial charge in [0.2, 0.25) is 8.46 Å². The molecule has 1 aliphatic rings. The first kappa shape index (κ1) is 33.2. The molecule has 35 heavy (non-hydrogen) atoms. The molecule has 2 N–H and O–H groups in total. The Morgan fingerprint density at radius 2 is 1.69 bits per heavy atom. The lowest BCUT2D eigenvalue weighted by molar-refractivity contribution is -0.190. The van der Waals surface area contributed by atoms with E-state index in [9.17, 15) is 14.5 Å². The minimum atomic E-state index is -2.66. The number of aliphatic carboxylic acids is 1. The number of hydrogen-bond donors (Lipinski definition) is 2. The van der Waals surface area contributed by atoms with Crippen molar-refractivity contribution < 1.29 is 29.0 Å². The molecule has 0 radical (unpaired) electrons. The van der Waals surface area contributed by atoms with Crippen molar-refractivity contribution in [3.05, 3.63) is 0 Å². The number of carbonyl (C=O) groups is 1. The van der Waals surface area contributed by atoms with Gasteiger partial charge in [-0.05, 0) is 63.4 Å². The SMILES string of the molecule is CCC(CCSCCCCCCCCC(C)OCCCOC(O)(P=O)C(=O)O)SC1CCCCC1. The van der Waals surface area contributed by atoms with Crippen molar-refractivity contribution in [1.29, 1.82) is 0 Å². The van der Waals surface area contributed by atoms with Crippen LogP contribution >= 0.6 is 32.0 Å². The van der Waals surface area contributed by atoms with Crippen molar-refractivity contribution in [2.45, 2.75) is 132 Å². The summed E-state index contributed by atoms with van der Waals surface area (Å²) in [5.41, 5.74) is -2.66. The lowest BCUT2D eigenvalue weighted by Crippen LogP contribution is -2.35. The Kier molecular flexibility index (Phi) is 20.0. The zero-order valence-electron chi connectivity index (χ0n) is 22.0. The molecule has 6 nitrogen and oxygen atoms in total. The fraction of sp³-hybridized carbons (Fsp3) is 0.962. The van der Waals surface area contributed by atoms with E-state index in [2.05, 4.69) is 30.4 Å². The minimum absolute atomic E-state index is 0.0261. The second kappa shape index (κ2) is 21.1. The van der Waals surface area contributed by atoms with Gasteiger partial charge in [0.1, 0.15) is 0 Å². The Labute approximate surface area is 223 Å². The maximum Gasteiger partial charge on any atom is 0.377 e. The van der Waals surface area contributed by atoms with Gasteiger partial charge in [-0.2, -0.15) is 23.5 Å². The zero-order chi connectivity index (χ0) is 25.8. The van der Waals surface area contributed by atoms with Gasteiger partial charge in [-0.3, -0.25) is 4.57 Å². The summed E-state index contributed by atoms with van der Waals surface area (Å²) in [5, 5.41) is 20.0. The van der Waals surface area contributed by atoms with Gasteiger partial charge < -0.3 is 19.7 Å². The standard InChI is InChI=1S/C26H49O6PS2/c1-3-23(35-24-15-10-8-11-16-24)17-21-34-20-12-7-5-4-6-9-14-22(2)31-18-13-19-32-26(29,33-30)25(27)28/h22-24,29H,3-21H2,1-2H3,(H,27,28). The molecule has 0 heterocycles. The Balaban J connectivity index is 1.87.